The first-order valence-corrected chi connectivity index (χ1v) is 8.62. The van der Waals surface area contributed by atoms with Crippen molar-refractivity contribution in [3.05, 3.63) is 29.3 Å². The summed E-state index contributed by atoms with van der Waals surface area (Å²) in [5.74, 6) is -0.694. The molecule has 1 saturated heterocycles. The lowest BCUT2D eigenvalue weighted by molar-refractivity contribution is -0.155. The molecule has 1 heterocycles. The third kappa shape index (κ3) is 5.47. The topological polar surface area (TPSA) is 82.1 Å². The fourth-order valence-corrected chi connectivity index (χ4v) is 2.75. The summed E-state index contributed by atoms with van der Waals surface area (Å²) in [5, 5.41) is 0. The Morgan fingerprint density at radius 3 is 2.38 bits per heavy atom. The van der Waals surface area contributed by atoms with E-state index in [4.69, 9.17) is 14.2 Å². The molecule has 0 aliphatic carbocycles. The number of nitrogens with zero attached hydrogens (tertiary/aromatic N) is 1. The molecule has 1 aromatic rings. The zero-order chi connectivity index (χ0) is 19.1. The summed E-state index contributed by atoms with van der Waals surface area (Å²) in [6, 6.07) is 5.54. The van der Waals surface area contributed by atoms with E-state index in [1.54, 1.807) is 11.0 Å². The Morgan fingerprint density at radius 1 is 1.08 bits per heavy atom. The normalized spacial score (nSPS) is 14.7. The molecular weight excluding hydrogens is 338 g/mol. The van der Waals surface area contributed by atoms with Crippen LogP contribution >= 0.6 is 0 Å². The molecule has 142 valence electrons. The Balaban J connectivity index is 1.69. The molecule has 1 fully saturated rings. The minimum Gasteiger partial charge on any atom is -0.482 e. The highest BCUT2D eigenvalue weighted by molar-refractivity contribution is 5.81. The molecule has 1 aliphatic heterocycles. The molecule has 26 heavy (non-hydrogen) atoms. The van der Waals surface area contributed by atoms with Crippen LogP contribution in [0.3, 0.4) is 0 Å². The van der Waals surface area contributed by atoms with E-state index in [1.165, 1.54) is 7.11 Å². The zero-order valence-electron chi connectivity index (χ0n) is 15.4. The van der Waals surface area contributed by atoms with Gasteiger partial charge in [-0.15, -0.1) is 0 Å². The van der Waals surface area contributed by atoms with Crippen molar-refractivity contribution in [2.45, 2.75) is 26.7 Å². The van der Waals surface area contributed by atoms with Crippen LogP contribution < -0.4 is 4.74 Å². The van der Waals surface area contributed by atoms with Crippen molar-refractivity contribution in [3.8, 4) is 5.75 Å². The van der Waals surface area contributed by atoms with Crippen LogP contribution in [0.2, 0.25) is 0 Å². The van der Waals surface area contributed by atoms with Gasteiger partial charge in [-0.1, -0.05) is 6.07 Å². The number of esters is 2. The van der Waals surface area contributed by atoms with E-state index >= 15 is 0 Å². The Hall–Kier alpha value is -2.57. The van der Waals surface area contributed by atoms with E-state index in [1.807, 2.05) is 26.0 Å². The fraction of sp³-hybridized carbons (Fsp3) is 0.526. The Morgan fingerprint density at radius 2 is 1.77 bits per heavy atom. The van der Waals surface area contributed by atoms with Gasteiger partial charge in [0.1, 0.15) is 5.75 Å². The van der Waals surface area contributed by atoms with Gasteiger partial charge in [-0.2, -0.15) is 0 Å². The highest BCUT2D eigenvalue weighted by atomic mass is 16.6. The van der Waals surface area contributed by atoms with Crippen LogP contribution in [0.1, 0.15) is 24.0 Å². The van der Waals surface area contributed by atoms with Crippen molar-refractivity contribution in [1.82, 2.24) is 4.90 Å². The monoisotopic (exact) mass is 363 g/mol. The number of carbonyl (C=O) groups is 3. The van der Waals surface area contributed by atoms with Gasteiger partial charge in [-0.05, 0) is 49.9 Å². The second-order valence-electron chi connectivity index (χ2n) is 6.37. The number of methoxy groups -OCH3 is 1. The summed E-state index contributed by atoms with van der Waals surface area (Å²) in [7, 11) is 1.36. The number of rotatable bonds is 6. The van der Waals surface area contributed by atoms with Crippen molar-refractivity contribution in [1.29, 1.82) is 0 Å². The van der Waals surface area contributed by atoms with Gasteiger partial charge in [-0.3, -0.25) is 9.59 Å². The standard InChI is InChI=1S/C19H25NO6/c1-13-4-5-16(10-14(13)2)25-12-18(22)26-11-17(21)20-8-6-15(7-9-20)19(23)24-3/h4-5,10,15H,6-9,11-12H2,1-3H3. The Kier molecular flexibility index (Phi) is 7.00. The fourth-order valence-electron chi connectivity index (χ4n) is 2.75. The summed E-state index contributed by atoms with van der Waals surface area (Å²) in [6.45, 7) is 4.29. The van der Waals surface area contributed by atoms with Gasteiger partial charge in [0.25, 0.3) is 5.91 Å². The van der Waals surface area contributed by atoms with E-state index in [9.17, 15) is 14.4 Å². The lowest BCUT2D eigenvalue weighted by atomic mass is 9.97. The summed E-state index contributed by atoms with van der Waals surface area (Å²) < 4.78 is 15.1. The number of piperidine rings is 1. The van der Waals surface area contributed by atoms with Gasteiger partial charge in [0.2, 0.25) is 0 Å². The Bertz CT molecular complexity index is 664. The van der Waals surface area contributed by atoms with Crippen LogP contribution in [0.25, 0.3) is 0 Å². The minimum absolute atomic E-state index is 0.169. The molecule has 0 saturated carbocycles. The quantitative estimate of drug-likeness (QED) is 0.715. The number of hydrogen-bond acceptors (Lipinski definition) is 6. The van der Waals surface area contributed by atoms with Gasteiger partial charge in [0, 0.05) is 13.1 Å². The summed E-state index contributed by atoms with van der Waals surface area (Å²) in [6.07, 6.45) is 1.12. The van der Waals surface area contributed by atoms with Crippen LogP contribution in [0.4, 0.5) is 0 Å². The molecule has 7 heteroatoms. The molecule has 0 N–H and O–H groups in total. The molecule has 0 unspecified atom stereocenters. The number of hydrogen-bond donors (Lipinski definition) is 0. The first-order valence-electron chi connectivity index (χ1n) is 8.62. The van der Waals surface area contributed by atoms with Gasteiger partial charge in [-0.25, -0.2) is 4.79 Å². The maximum absolute atomic E-state index is 12.1. The first-order chi connectivity index (χ1) is 12.4. The lowest BCUT2D eigenvalue weighted by Crippen LogP contribution is -2.42. The highest BCUT2D eigenvalue weighted by Crippen LogP contribution is 2.19. The molecule has 7 nitrogen and oxygen atoms in total. The SMILES string of the molecule is COC(=O)C1CCN(C(=O)COC(=O)COc2ccc(C)c(C)c2)CC1. The smallest absolute Gasteiger partial charge is 0.344 e. The second kappa shape index (κ2) is 9.22. The number of aryl methyl sites for hydroxylation is 2. The van der Waals surface area contributed by atoms with Crippen LogP contribution in [-0.2, 0) is 23.9 Å². The zero-order valence-corrected chi connectivity index (χ0v) is 15.4. The third-order valence-electron chi connectivity index (χ3n) is 4.57. The summed E-state index contributed by atoms with van der Waals surface area (Å²) in [4.78, 5) is 36.9. The molecule has 1 aromatic carbocycles. The molecule has 0 radical (unpaired) electrons. The highest BCUT2D eigenvalue weighted by Gasteiger charge is 2.28. The van der Waals surface area contributed by atoms with Crippen LogP contribution in [0.5, 0.6) is 5.75 Å². The summed E-state index contributed by atoms with van der Waals surface area (Å²) in [5.41, 5.74) is 2.21. The van der Waals surface area contributed by atoms with Crippen LogP contribution in [0.15, 0.2) is 18.2 Å². The number of carbonyl (C=O) groups excluding carboxylic acids is 3. The third-order valence-corrected chi connectivity index (χ3v) is 4.57. The first kappa shape index (κ1) is 19.8. The van der Waals surface area contributed by atoms with Crippen LogP contribution in [-0.4, -0.2) is 56.2 Å². The Labute approximate surface area is 153 Å². The number of ether oxygens (including phenoxy) is 3. The van der Waals surface area contributed by atoms with Gasteiger partial charge in [0.15, 0.2) is 13.2 Å². The average molecular weight is 363 g/mol. The molecule has 0 spiro atoms. The van der Waals surface area contributed by atoms with Gasteiger partial charge < -0.3 is 19.1 Å². The van der Waals surface area contributed by atoms with E-state index < -0.39 is 5.97 Å². The van der Waals surface area contributed by atoms with E-state index in [2.05, 4.69) is 0 Å². The maximum atomic E-state index is 12.1. The largest absolute Gasteiger partial charge is 0.482 e. The maximum Gasteiger partial charge on any atom is 0.344 e. The average Bonchev–Trinajstić information content (AvgIpc) is 2.66. The van der Waals surface area contributed by atoms with Crippen molar-refractivity contribution < 1.29 is 28.6 Å². The molecule has 0 atom stereocenters. The molecule has 0 bridgehead atoms. The predicted molar refractivity (Wildman–Crippen MR) is 93.7 cm³/mol. The van der Waals surface area contributed by atoms with Crippen molar-refractivity contribution in [2.75, 3.05) is 33.4 Å². The van der Waals surface area contributed by atoms with Crippen molar-refractivity contribution >= 4 is 17.8 Å². The molecule has 1 aliphatic rings. The van der Waals surface area contributed by atoms with E-state index in [0.717, 1.165) is 11.1 Å². The van der Waals surface area contributed by atoms with Crippen molar-refractivity contribution in [3.63, 3.8) is 0 Å². The number of amides is 1. The van der Waals surface area contributed by atoms with Crippen molar-refractivity contribution in [2.24, 2.45) is 5.92 Å². The number of likely N-dealkylation sites (tertiary alicyclic amines) is 1. The van der Waals surface area contributed by atoms with E-state index in [-0.39, 0.29) is 31.0 Å². The minimum atomic E-state index is -0.596. The lowest BCUT2D eigenvalue weighted by Gasteiger charge is -2.30. The van der Waals surface area contributed by atoms with Crippen LogP contribution in [0, 0.1) is 19.8 Å². The summed E-state index contributed by atoms with van der Waals surface area (Å²) >= 11 is 0. The molecular formula is C19H25NO6. The van der Waals surface area contributed by atoms with Gasteiger partial charge >= 0.3 is 11.9 Å². The predicted octanol–water partition coefficient (Wildman–Crippen LogP) is 1.64. The molecule has 1 amide bonds. The van der Waals surface area contributed by atoms with Gasteiger partial charge in [0.05, 0.1) is 13.0 Å². The second-order valence-corrected chi connectivity index (χ2v) is 6.37. The molecule has 2 rings (SSSR count). The number of benzene rings is 1. The van der Waals surface area contributed by atoms with E-state index in [0.29, 0.717) is 31.7 Å². The molecule has 0 aromatic heterocycles.